The second-order valence-corrected chi connectivity index (χ2v) is 7.12. The van der Waals surface area contributed by atoms with E-state index < -0.39 is 0 Å². The molecule has 2 aromatic rings. The lowest BCUT2D eigenvalue weighted by Crippen LogP contribution is -2.50. The number of rotatable bonds is 7. The number of nitrogens with zero attached hydrogens (tertiary/aromatic N) is 3. The number of benzene rings is 1. The highest BCUT2D eigenvalue weighted by Gasteiger charge is 2.37. The first-order valence-corrected chi connectivity index (χ1v) is 9.38. The van der Waals surface area contributed by atoms with E-state index in [1.165, 1.54) is 0 Å². The van der Waals surface area contributed by atoms with Crippen molar-refractivity contribution >= 4 is 17.5 Å². The van der Waals surface area contributed by atoms with Gasteiger partial charge in [0.15, 0.2) is 0 Å². The average molecular weight is 362 g/mol. The molecule has 0 radical (unpaired) electrons. The van der Waals surface area contributed by atoms with Crippen LogP contribution in [-0.4, -0.2) is 34.0 Å². The van der Waals surface area contributed by atoms with Gasteiger partial charge in [0.05, 0.1) is 5.92 Å². The third-order valence-corrected chi connectivity index (χ3v) is 4.93. The van der Waals surface area contributed by atoms with Gasteiger partial charge in [-0.05, 0) is 25.0 Å². The normalized spacial score (nSPS) is 14.8. The van der Waals surface area contributed by atoms with Crippen LogP contribution in [0.4, 0.5) is 0 Å². The molecule has 134 valence electrons. The number of halogens is 1. The van der Waals surface area contributed by atoms with Crippen LogP contribution in [0.15, 0.2) is 28.8 Å². The van der Waals surface area contributed by atoms with Gasteiger partial charge in [0.2, 0.25) is 17.6 Å². The minimum Gasteiger partial charge on any atom is -0.341 e. The summed E-state index contributed by atoms with van der Waals surface area (Å²) in [6, 6.07) is 7.38. The van der Waals surface area contributed by atoms with Crippen LogP contribution in [0.3, 0.4) is 0 Å². The van der Waals surface area contributed by atoms with Gasteiger partial charge >= 0.3 is 0 Å². The van der Waals surface area contributed by atoms with E-state index in [-0.39, 0.29) is 17.7 Å². The number of amides is 1. The van der Waals surface area contributed by atoms with E-state index in [9.17, 15) is 4.79 Å². The lowest BCUT2D eigenvalue weighted by Gasteiger charge is -2.39. The minimum absolute atomic E-state index is 0.133. The molecule has 1 fully saturated rings. The molecule has 25 heavy (non-hydrogen) atoms. The molecule has 1 aliphatic rings. The molecule has 1 saturated heterocycles. The van der Waals surface area contributed by atoms with Crippen LogP contribution in [0, 0.1) is 5.92 Å². The summed E-state index contributed by atoms with van der Waals surface area (Å²) in [5.74, 6) is 1.70. The molecular weight excluding hydrogens is 338 g/mol. The Labute approximate surface area is 153 Å². The van der Waals surface area contributed by atoms with Crippen molar-refractivity contribution in [1.82, 2.24) is 15.0 Å². The summed E-state index contributed by atoms with van der Waals surface area (Å²) in [5.41, 5.74) is 0.834. The maximum Gasteiger partial charge on any atom is 0.233 e. The van der Waals surface area contributed by atoms with Crippen LogP contribution in [0.25, 0.3) is 11.4 Å². The van der Waals surface area contributed by atoms with E-state index in [2.05, 4.69) is 24.0 Å². The van der Waals surface area contributed by atoms with Crippen LogP contribution >= 0.6 is 11.6 Å². The van der Waals surface area contributed by atoms with E-state index >= 15 is 0 Å². The van der Waals surface area contributed by atoms with Gasteiger partial charge in [-0.2, -0.15) is 4.98 Å². The minimum atomic E-state index is 0.133. The highest BCUT2D eigenvalue weighted by atomic mass is 35.5. The highest BCUT2D eigenvalue weighted by molar-refractivity contribution is 6.30. The Morgan fingerprint density at radius 1 is 1.32 bits per heavy atom. The van der Waals surface area contributed by atoms with Gasteiger partial charge in [-0.25, -0.2) is 0 Å². The van der Waals surface area contributed by atoms with Crippen molar-refractivity contribution in [3.05, 3.63) is 35.2 Å². The lowest BCUT2D eigenvalue weighted by atomic mass is 9.92. The van der Waals surface area contributed by atoms with Gasteiger partial charge < -0.3 is 9.42 Å². The first kappa shape index (κ1) is 17.9. The third kappa shape index (κ3) is 4.03. The van der Waals surface area contributed by atoms with E-state index in [4.69, 9.17) is 16.1 Å². The summed E-state index contributed by atoms with van der Waals surface area (Å²) >= 11 is 6.01. The summed E-state index contributed by atoms with van der Waals surface area (Å²) in [4.78, 5) is 19.0. The Hall–Kier alpha value is -1.88. The standard InChI is InChI=1S/C19H24ClN3O2/c1-3-6-13(7-4-2)19(24)23-11-15(12-23)18-21-17(22-25-18)14-8-5-9-16(20)10-14/h5,8-10,13,15H,3-4,6-7,11-12H2,1-2H3. The van der Waals surface area contributed by atoms with Crippen molar-refractivity contribution in [2.75, 3.05) is 13.1 Å². The second-order valence-electron chi connectivity index (χ2n) is 6.68. The summed E-state index contributed by atoms with van der Waals surface area (Å²) in [6.45, 7) is 5.59. The Balaban J connectivity index is 1.60. The SMILES string of the molecule is CCCC(CCC)C(=O)N1CC(c2nc(-c3cccc(Cl)c3)no2)C1. The lowest BCUT2D eigenvalue weighted by molar-refractivity contribution is -0.141. The smallest absolute Gasteiger partial charge is 0.233 e. The summed E-state index contributed by atoms with van der Waals surface area (Å²) in [5, 5.41) is 4.69. The summed E-state index contributed by atoms with van der Waals surface area (Å²) < 4.78 is 5.40. The van der Waals surface area contributed by atoms with Gasteiger partial charge in [0, 0.05) is 29.6 Å². The molecule has 1 aromatic carbocycles. The van der Waals surface area contributed by atoms with Crippen LogP contribution in [0.2, 0.25) is 5.02 Å². The monoisotopic (exact) mass is 361 g/mol. The Morgan fingerprint density at radius 2 is 2.04 bits per heavy atom. The number of hydrogen-bond donors (Lipinski definition) is 0. The van der Waals surface area contributed by atoms with Crippen molar-refractivity contribution in [2.24, 2.45) is 5.92 Å². The van der Waals surface area contributed by atoms with Crippen LogP contribution in [0.1, 0.15) is 51.3 Å². The van der Waals surface area contributed by atoms with Crippen LogP contribution < -0.4 is 0 Å². The molecule has 0 unspecified atom stereocenters. The number of hydrogen-bond acceptors (Lipinski definition) is 4. The zero-order valence-electron chi connectivity index (χ0n) is 14.7. The third-order valence-electron chi connectivity index (χ3n) is 4.69. The second kappa shape index (κ2) is 8.00. The Morgan fingerprint density at radius 3 is 2.68 bits per heavy atom. The highest BCUT2D eigenvalue weighted by Crippen LogP contribution is 2.30. The predicted octanol–water partition coefficient (Wildman–Crippen LogP) is 4.53. The van der Waals surface area contributed by atoms with E-state index in [0.717, 1.165) is 31.2 Å². The van der Waals surface area contributed by atoms with E-state index in [1.807, 2.05) is 29.2 Å². The maximum absolute atomic E-state index is 12.6. The van der Waals surface area contributed by atoms with Crippen molar-refractivity contribution in [3.63, 3.8) is 0 Å². The molecular formula is C19H24ClN3O2. The maximum atomic E-state index is 12.6. The summed E-state index contributed by atoms with van der Waals surface area (Å²) in [7, 11) is 0. The van der Waals surface area contributed by atoms with Crippen molar-refractivity contribution < 1.29 is 9.32 Å². The Bertz CT molecular complexity index is 719. The molecule has 0 aliphatic carbocycles. The molecule has 3 rings (SSSR count). The molecule has 1 aromatic heterocycles. The fraction of sp³-hybridized carbons (Fsp3) is 0.526. The molecule has 5 nitrogen and oxygen atoms in total. The van der Waals surface area contributed by atoms with Gasteiger partial charge in [0.25, 0.3) is 0 Å². The zero-order valence-corrected chi connectivity index (χ0v) is 15.5. The number of likely N-dealkylation sites (tertiary alicyclic amines) is 1. The quantitative estimate of drug-likeness (QED) is 0.726. The largest absolute Gasteiger partial charge is 0.341 e. The number of carbonyl (C=O) groups excluding carboxylic acids is 1. The Kier molecular flexibility index (Phi) is 5.74. The van der Waals surface area contributed by atoms with Gasteiger partial charge in [-0.3, -0.25) is 4.79 Å². The molecule has 0 atom stereocenters. The van der Waals surface area contributed by atoms with E-state index in [1.54, 1.807) is 0 Å². The first-order valence-electron chi connectivity index (χ1n) is 9.00. The fourth-order valence-corrected chi connectivity index (χ4v) is 3.50. The zero-order chi connectivity index (χ0) is 17.8. The summed E-state index contributed by atoms with van der Waals surface area (Å²) in [6.07, 6.45) is 4.02. The van der Waals surface area contributed by atoms with Crippen molar-refractivity contribution in [3.8, 4) is 11.4 Å². The molecule has 2 heterocycles. The van der Waals surface area contributed by atoms with Crippen LogP contribution in [-0.2, 0) is 4.79 Å². The van der Waals surface area contributed by atoms with Gasteiger partial charge in [0.1, 0.15) is 0 Å². The molecule has 0 bridgehead atoms. The topological polar surface area (TPSA) is 59.2 Å². The molecule has 0 N–H and O–H groups in total. The van der Waals surface area contributed by atoms with Crippen LogP contribution in [0.5, 0.6) is 0 Å². The molecule has 1 aliphatic heterocycles. The molecule has 0 spiro atoms. The van der Waals surface area contributed by atoms with Crippen molar-refractivity contribution in [1.29, 1.82) is 0 Å². The molecule has 6 heteroatoms. The van der Waals surface area contributed by atoms with Gasteiger partial charge in [-0.1, -0.05) is 55.6 Å². The number of carbonyl (C=O) groups is 1. The van der Waals surface area contributed by atoms with Gasteiger partial charge in [-0.15, -0.1) is 0 Å². The first-order chi connectivity index (χ1) is 12.1. The van der Waals surface area contributed by atoms with E-state index in [0.29, 0.717) is 29.8 Å². The molecule has 1 amide bonds. The average Bonchev–Trinajstić information content (AvgIpc) is 3.03. The fourth-order valence-electron chi connectivity index (χ4n) is 3.31. The molecule has 0 saturated carbocycles. The number of aromatic nitrogens is 2. The predicted molar refractivity (Wildman–Crippen MR) is 97.4 cm³/mol. The van der Waals surface area contributed by atoms with Crippen molar-refractivity contribution in [2.45, 2.75) is 45.4 Å².